The Bertz CT molecular complexity index is 1080. The number of hydrogen-bond donors (Lipinski definition) is 1. The van der Waals surface area contributed by atoms with Gasteiger partial charge in [0.15, 0.2) is 9.84 Å². The van der Waals surface area contributed by atoms with E-state index in [-0.39, 0.29) is 18.2 Å². The molecule has 0 unspecified atom stereocenters. The molecule has 0 saturated heterocycles. The van der Waals surface area contributed by atoms with Gasteiger partial charge in [-0.15, -0.1) is 0 Å². The Balaban J connectivity index is 1.71. The lowest BCUT2D eigenvalue weighted by Gasteiger charge is -2.10. The summed E-state index contributed by atoms with van der Waals surface area (Å²) in [5.41, 5.74) is 2.44. The van der Waals surface area contributed by atoms with Crippen molar-refractivity contribution in [3.8, 4) is 0 Å². The van der Waals surface area contributed by atoms with E-state index >= 15 is 0 Å². The maximum atomic E-state index is 12.4. The van der Waals surface area contributed by atoms with Crippen LogP contribution in [0.4, 0.5) is 0 Å². The van der Waals surface area contributed by atoms with E-state index in [9.17, 15) is 13.2 Å². The lowest BCUT2D eigenvalue weighted by atomic mass is 10.1. The Morgan fingerprint density at radius 2 is 1.96 bits per heavy atom. The third-order valence-electron chi connectivity index (χ3n) is 4.05. The Morgan fingerprint density at radius 3 is 2.70 bits per heavy atom. The molecule has 6 nitrogen and oxygen atoms in total. The predicted molar refractivity (Wildman–Crippen MR) is 106 cm³/mol. The van der Waals surface area contributed by atoms with Crippen molar-refractivity contribution in [2.75, 3.05) is 12.8 Å². The molecule has 27 heavy (non-hydrogen) atoms. The Morgan fingerprint density at radius 1 is 1.19 bits per heavy atom. The number of aromatic nitrogens is 2. The smallest absolute Gasteiger partial charge is 0.240 e. The maximum Gasteiger partial charge on any atom is 0.240 e. The minimum Gasteiger partial charge on any atom is -0.354 e. The summed E-state index contributed by atoms with van der Waals surface area (Å²) in [7, 11) is -3.27. The first-order valence-electron chi connectivity index (χ1n) is 8.45. The molecule has 0 fully saturated rings. The second-order valence-electron chi connectivity index (χ2n) is 6.40. The summed E-state index contributed by atoms with van der Waals surface area (Å²) < 4.78 is 25.1. The fraction of sp³-hybridized carbons (Fsp3) is 0.263. The Hall–Kier alpha value is -2.38. The van der Waals surface area contributed by atoms with Gasteiger partial charge < -0.3 is 9.88 Å². The van der Waals surface area contributed by atoms with Crippen molar-refractivity contribution >= 4 is 38.4 Å². The van der Waals surface area contributed by atoms with E-state index in [4.69, 9.17) is 11.6 Å². The molecular weight excluding hydrogens is 386 g/mol. The van der Waals surface area contributed by atoms with Gasteiger partial charge in [-0.25, -0.2) is 13.4 Å². The fourth-order valence-corrected chi connectivity index (χ4v) is 3.79. The first kappa shape index (κ1) is 19.4. The SMILES string of the molecule is CS(=O)(=O)Cc1nc2ccccc2n1CC(=O)NCCc1cccc(Cl)c1. The monoisotopic (exact) mass is 405 g/mol. The number of hydrogen-bond acceptors (Lipinski definition) is 4. The van der Waals surface area contributed by atoms with Gasteiger partial charge in [0, 0.05) is 17.8 Å². The van der Waals surface area contributed by atoms with Gasteiger partial charge in [-0.1, -0.05) is 35.9 Å². The van der Waals surface area contributed by atoms with Crippen LogP contribution in [0.3, 0.4) is 0 Å². The lowest BCUT2D eigenvalue weighted by molar-refractivity contribution is -0.121. The van der Waals surface area contributed by atoms with Crippen molar-refractivity contribution in [3.63, 3.8) is 0 Å². The molecule has 1 amide bonds. The number of halogens is 1. The highest BCUT2D eigenvalue weighted by Crippen LogP contribution is 2.17. The van der Waals surface area contributed by atoms with Gasteiger partial charge in [-0.3, -0.25) is 4.79 Å². The molecule has 1 heterocycles. The topological polar surface area (TPSA) is 81.1 Å². The predicted octanol–water partition coefficient (Wildman–Crippen LogP) is 2.59. The van der Waals surface area contributed by atoms with Crippen LogP contribution in [0, 0.1) is 0 Å². The van der Waals surface area contributed by atoms with Gasteiger partial charge in [0.05, 0.1) is 11.0 Å². The zero-order chi connectivity index (χ0) is 19.4. The third-order valence-corrected chi connectivity index (χ3v) is 5.07. The van der Waals surface area contributed by atoms with Crippen LogP contribution < -0.4 is 5.32 Å². The molecule has 2 aromatic carbocycles. The molecule has 1 N–H and O–H groups in total. The van der Waals surface area contributed by atoms with Gasteiger partial charge in [0.25, 0.3) is 0 Å². The molecule has 0 spiro atoms. The third kappa shape index (κ3) is 5.30. The van der Waals surface area contributed by atoms with Gasteiger partial charge in [-0.2, -0.15) is 0 Å². The van der Waals surface area contributed by atoms with Crippen LogP contribution in [0.5, 0.6) is 0 Å². The quantitative estimate of drug-likeness (QED) is 0.655. The number of nitrogens with one attached hydrogen (secondary N) is 1. The van der Waals surface area contributed by atoms with Crippen molar-refractivity contribution < 1.29 is 13.2 Å². The Labute approximate surface area is 163 Å². The molecule has 142 valence electrons. The first-order valence-corrected chi connectivity index (χ1v) is 10.9. The number of sulfone groups is 1. The van der Waals surface area contributed by atoms with E-state index in [1.165, 1.54) is 0 Å². The minimum absolute atomic E-state index is 0.0148. The van der Waals surface area contributed by atoms with Crippen molar-refractivity contribution in [3.05, 3.63) is 64.9 Å². The molecule has 0 aliphatic carbocycles. The average molecular weight is 406 g/mol. The van der Waals surface area contributed by atoms with Gasteiger partial charge in [-0.05, 0) is 36.2 Å². The minimum atomic E-state index is -3.27. The average Bonchev–Trinajstić information content (AvgIpc) is 2.90. The number of benzene rings is 2. The largest absolute Gasteiger partial charge is 0.354 e. The van der Waals surface area contributed by atoms with Crippen LogP contribution in [0.1, 0.15) is 11.4 Å². The van der Waals surface area contributed by atoms with E-state index < -0.39 is 9.84 Å². The number of amides is 1. The molecule has 0 bridgehead atoms. The van der Waals surface area contributed by atoms with Crippen molar-refractivity contribution in [2.24, 2.45) is 0 Å². The number of carbonyl (C=O) groups is 1. The molecule has 1 aromatic heterocycles. The molecule has 0 aliphatic rings. The fourth-order valence-electron chi connectivity index (χ4n) is 2.88. The van der Waals surface area contributed by atoms with Crippen LogP contribution in [-0.4, -0.2) is 36.7 Å². The van der Waals surface area contributed by atoms with Crippen LogP contribution in [0.2, 0.25) is 5.02 Å². The summed E-state index contributed by atoms with van der Waals surface area (Å²) in [6.07, 6.45) is 1.81. The van der Waals surface area contributed by atoms with Crippen molar-refractivity contribution in [2.45, 2.75) is 18.7 Å². The standard InChI is InChI=1S/C19H20ClN3O3S/c1-27(25,26)13-18-22-16-7-2-3-8-17(16)23(18)12-19(24)21-10-9-14-5-4-6-15(20)11-14/h2-8,11H,9-10,12-13H2,1H3,(H,21,24). The van der Waals surface area contributed by atoms with E-state index in [0.717, 1.165) is 17.3 Å². The second-order valence-corrected chi connectivity index (χ2v) is 8.98. The van der Waals surface area contributed by atoms with E-state index in [1.54, 1.807) is 16.7 Å². The highest BCUT2D eigenvalue weighted by atomic mass is 35.5. The van der Waals surface area contributed by atoms with Gasteiger partial charge in [0.1, 0.15) is 18.1 Å². The highest BCUT2D eigenvalue weighted by Gasteiger charge is 2.17. The summed E-state index contributed by atoms with van der Waals surface area (Å²) in [4.78, 5) is 16.8. The second kappa shape index (κ2) is 8.10. The van der Waals surface area contributed by atoms with E-state index in [2.05, 4.69) is 10.3 Å². The summed E-state index contributed by atoms with van der Waals surface area (Å²) in [6.45, 7) is 0.480. The molecule has 0 atom stereocenters. The summed E-state index contributed by atoms with van der Waals surface area (Å²) in [5.74, 6) is -0.0454. The van der Waals surface area contributed by atoms with E-state index in [0.29, 0.717) is 29.3 Å². The summed E-state index contributed by atoms with van der Waals surface area (Å²) in [5, 5.41) is 3.52. The van der Waals surface area contributed by atoms with Gasteiger partial charge >= 0.3 is 0 Å². The number of carbonyl (C=O) groups excluding carboxylic acids is 1. The molecule has 0 saturated carbocycles. The first-order chi connectivity index (χ1) is 12.8. The highest BCUT2D eigenvalue weighted by molar-refractivity contribution is 7.89. The van der Waals surface area contributed by atoms with Crippen LogP contribution >= 0.6 is 11.6 Å². The van der Waals surface area contributed by atoms with Gasteiger partial charge in [0.2, 0.25) is 5.91 Å². The zero-order valence-corrected chi connectivity index (χ0v) is 16.4. The molecular formula is C19H20ClN3O3S. The maximum absolute atomic E-state index is 12.4. The van der Waals surface area contributed by atoms with Crippen LogP contribution in [-0.2, 0) is 33.4 Å². The van der Waals surface area contributed by atoms with Crippen LogP contribution in [0.25, 0.3) is 11.0 Å². The molecule has 0 aliphatic heterocycles. The number of nitrogens with zero attached hydrogens (tertiary/aromatic N) is 2. The molecule has 3 aromatic rings. The Kier molecular flexibility index (Phi) is 5.82. The number of imidazole rings is 1. The summed E-state index contributed by atoms with van der Waals surface area (Å²) in [6, 6.07) is 14.8. The molecule has 8 heteroatoms. The van der Waals surface area contributed by atoms with Crippen LogP contribution in [0.15, 0.2) is 48.5 Å². The molecule has 3 rings (SSSR count). The van der Waals surface area contributed by atoms with E-state index in [1.807, 2.05) is 36.4 Å². The normalized spacial score (nSPS) is 11.6. The zero-order valence-electron chi connectivity index (χ0n) is 14.9. The number of para-hydroxylation sites is 2. The summed E-state index contributed by atoms with van der Waals surface area (Å²) >= 11 is 5.96. The lowest BCUT2D eigenvalue weighted by Crippen LogP contribution is -2.30. The number of rotatable bonds is 7. The van der Waals surface area contributed by atoms with Crippen molar-refractivity contribution in [1.29, 1.82) is 0 Å². The number of fused-ring (bicyclic) bond motifs is 1. The molecule has 0 radical (unpaired) electrons. The van der Waals surface area contributed by atoms with Crippen molar-refractivity contribution in [1.82, 2.24) is 14.9 Å².